The highest BCUT2D eigenvalue weighted by Crippen LogP contribution is 2.28. The highest BCUT2D eigenvalue weighted by atomic mass is 35.5. The van der Waals surface area contributed by atoms with Crippen LogP contribution in [0.1, 0.15) is 45.3 Å². The zero-order chi connectivity index (χ0) is 13.5. The van der Waals surface area contributed by atoms with Gasteiger partial charge in [0.1, 0.15) is 0 Å². The maximum Gasteiger partial charge on any atom is 0.0835 e. The molecule has 1 aromatic rings. The first kappa shape index (κ1) is 15.5. The van der Waals surface area contributed by atoms with E-state index < -0.39 is 0 Å². The summed E-state index contributed by atoms with van der Waals surface area (Å²) in [6.07, 6.45) is 3.91. The molecule has 0 saturated heterocycles. The van der Waals surface area contributed by atoms with Gasteiger partial charge >= 0.3 is 0 Å². The fraction of sp³-hybridized carbons (Fsp3) is 0.769. The van der Waals surface area contributed by atoms with Crippen molar-refractivity contribution in [2.75, 3.05) is 13.7 Å². The molecule has 5 heteroatoms. The Morgan fingerprint density at radius 3 is 2.67 bits per heavy atom. The van der Waals surface area contributed by atoms with Crippen LogP contribution in [0.4, 0.5) is 0 Å². The van der Waals surface area contributed by atoms with Gasteiger partial charge in [-0.1, -0.05) is 31.9 Å². The van der Waals surface area contributed by atoms with Gasteiger partial charge in [0.2, 0.25) is 0 Å². The smallest absolute Gasteiger partial charge is 0.0835 e. The molecule has 0 saturated carbocycles. The first-order valence-electron chi connectivity index (χ1n) is 6.66. The summed E-state index contributed by atoms with van der Waals surface area (Å²) in [7, 11) is 1.76. The van der Waals surface area contributed by atoms with E-state index in [-0.39, 0.29) is 12.1 Å². The minimum Gasteiger partial charge on any atom is -0.379 e. The van der Waals surface area contributed by atoms with Gasteiger partial charge in [-0.05, 0) is 19.9 Å². The number of methoxy groups -OCH3 is 1. The third kappa shape index (κ3) is 3.46. The van der Waals surface area contributed by atoms with Crippen molar-refractivity contribution < 1.29 is 4.74 Å². The van der Waals surface area contributed by atoms with Gasteiger partial charge in [-0.3, -0.25) is 4.68 Å². The van der Waals surface area contributed by atoms with Crippen LogP contribution in [-0.2, 0) is 11.3 Å². The van der Waals surface area contributed by atoms with Crippen molar-refractivity contribution >= 4 is 11.6 Å². The Bertz CT molecular complexity index is 354. The van der Waals surface area contributed by atoms with E-state index in [9.17, 15) is 0 Å². The molecule has 1 aromatic heterocycles. The average molecular weight is 274 g/mol. The van der Waals surface area contributed by atoms with Gasteiger partial charge in [-0.15, -0.1) is 0 Å². The zero-order valence-electron chi connectivity index (χ0n) is 11.7. The first-order chi connectivity index (χ1) is 8.69. The largest absolute Gasteiger partial charge is 0.379 e. The third-order valence-electron chi connectivity index (χ3n) is 3.10. The van der Waals surface area contributed by atoms with Gasteiger partial charge in [0.05, 0.1) is 29.1 Å². The number of nitrogens with one attached hydrogen (secondary N) is 1. The molecule has 0 aliphatic carbocycles. The zero-order valence-corrected chi connectivity index (χ0v) is 12.5. The lowest BCUT2D eigenvalue weighted by atomic mass is 10.0. The minimum absolute atomic E-state index is 0.0925. The maximum absolute atomic E-state index is 6.28. The molecule has 0 radical (unpaired) electrons. The Balaban J connectivity index is 3.05. The number of halogens is 1. The van der Waals surface area contributed by atoms with Crippen LogP contribution in [-0.4, -0.2) is 29.5 Å². The van der Waals surface area contributed by atoms with E-state index in [1.807, 2.05) is 4.68 Å². The molecule has 1 N–H and O–H groups in total. The molecule has 4 nitrogen and oxygen atoms in total. The summed E-state index contributed by atoms with van der Waals surface area (Å²) in [5, 5.41) is 8.48. The monoisotopic (exact) mass is 273 g/mol. The van der Waals surface area contributed by atoms with Crippen LogP contribution in [0.15, 0.2) is 6.20 Å². The molecule has 0 aromatic carbocycles. The number of nitrogens with zero attached hydrogens (tertiary/aromatic N) is 2. The quantitative estimate of drug-likeness (QED) is 0.791. The van der Waals surface area contributed by atoms with Crippen molar-refractivity contribution in [3.63, 3.8) is 0 Å². The second-order valence-electron chi connectivity index (χ2n) is 4.29. The number of aryl methyl sites for hydroxylation is 1. The van der Waals surface area contributed by atoms with Gasteiger partial charge in [-0.2, -0.15) is 5.10 Å². The summed E-state index contributed by atoms with van der Waals surface area (Å²) in [5.41, 5.74) is 1.03. The van der Waals surface area contributed by atoms with Crippen molar-refractivity contribution in [3.8, 4) is 0 Å². The van der Waals surface area contributed by atoms with E-state index in [0.717, 1.165) is 31.6 Å². The number of hydrogen-bond donors (Lipinski definition) is 1. The fourth-order valence-corrected chi connectivity index (χ4v) is 2.52. The summed E-state index contributed by atoms with van der Waals surface area (Å²) in [5.74, 6) is 0. The van der Waals surface area contributed by atoms with Crippen molar-refractivity contribution in [2.24, 2.45) is 0 Å². The average Bonchev–Trinajstić information content (AvgIpc) is 2.74. The van der Waals surface area contributed by atoms with Crippen molar-refractivity contribution in [1.29, 1.82) is 0 Å². The number of likely N-dealkylation sites (N-methyl/N-ethyl adjacent to an activating group) is 1. The molecule has 0 fully saturated rings. The Hall–Kier alpha value is -0.580. The lowest BCUT2D eigenvalue weighted by Crippen LogP contribution is -2.35. The lowest BCUT2D eigenvalue weighted by molar-refractivity contribution is 0.0583. The summed E-state index contributed by atoms with van der Waals surface area (Å²) >= 11 is 6.28. The first-order valence-corrected chi connectivity index (χ1v) is 7.04. The van der Waals surface area contributed by atoms with E-state index in [1.165, 1.54) is 0 Å². The molecule has 104 valence electrons. The second kappa shape index (κ2) is 7.77. The maximum atomic E-state index is 6.28. The Morgan fingerprint density at radius 1 is 1.44 bits per heavy atom. The molecular formula is C13H24ClN3O. The molecule has 0 amide bonds. The van der Waals surface area contributed by atoms with E-state index in [2.05, 4.69) is 31.2 Å². The van der Waals surface area contributed by atoms with Crippen LogP contribution in [0.5, 0.6) is 0 Å². The molecular weight excluding hydrogens is 250 g/mol. The van der Waals surface area contributed by atoms with Gasteiger partial charge in [0.25, 0.3) is 0 Å². The topological polar surface area (TPSA) is 39.1 Å². The van der Waals surface area contributed by atoms with Crippen LogP contribution < -0.4 is 5.32 Å². The van der Waals surface area contributed by atoms with Crippen LogP contribution >= 0.6 is 11.6 Å². The van der Waals surface area contributed by atoms with Crippen LogP contribution in [0.2, 0.25) is 5.02 Å². The van der Waals surface area contributed by atoms with Crippen molar-refractivity contribution in [3.05, 3.63) is 16.9 Å². The van der Waals surface area contributed by atoms with Crippen LogP contribution in [0, 0.1) is 0 Å². The molecule has 1 heterocycles. The third-order valence-corrected chi connectivity index (χ3v) is 3.39. The summed E-state index contributed by atoms with van der Waals surface area (Å²) in [6, 6.07) is 0.0925. The van der Waals surface area contributed by atoms with E-state index in [0.29, 0.717) is 5.02 Å². The highest BCUT2D eigenvalue weighted by Gasteiger charge is 2.27. The van der Waals surface area contributed by atoms with Crippen molar-refractivity contribution in [1.82, 2.24) is 15.1 Å². The van der Waals surface area contributed by atoms with Crippen LogP contribution in [0.3, 0.4) is 0 Å². The van der Waals surface area contributed by atoms with Crippen molar-refractivity contribution in [2.45, 2.75) is 52.3 Å². The standard InChI is InChI=1S/C13H24ClN3O/c1-5-8-11(18-4)12(15-6-2)13-10(14)9-16-17(13)7-3/h9,11-12,15H,5-8H2,1-4H3. The Labute approximate surface area is 115 Å². The minimum atomic E-state index is 0.0925. The predicted molar refractivity (Wildman–Crippen MR) is 75.0 cm³/mol. The SMILES string of the molecule is CCCC(OC)C(NCC)c1c(Cl)cnn1CC. The van der Waals surface area contributed by atoms with Gasteiger partial charge in [-0.25, -0.2) is 0 Å². The summed E-state index contributed by atoms with van der Waals surface area (Å²) in [6.45, 7) is 8.00. The van der Waals surface area contributed by atoms with E-state index >= 15 is 0 Å². The highest BCUT2D eigenvalue weighted by molar-refractivity contribution is 6.31. The lowest BCUT2D eigenvalue weighted by Gasteiger charge is -2.27. The molecule has 1 rings (SSSR count). The van der Waals surface area contributed by atoms with Crippen LogP contribution in [0.25, 0.3) is 0 Å². The molecule has 0 bridgehead atoms. The number of ether oxygens (including phenoxy) is 1. The summed E-state index contributed by atoms with van der Waals surface area (Å²) in [4.78, 5) is 0. The number of hydrogen-bond acceptors (Lipinski definition) is 3. The molecule has 0 aliphatic heterocycles. The normalized spacial score (nSPS) is 14.7. The molecule has 2 unspecified atom stereocenters. The Kier molecular flexibility index (Phi) is 6.68. The second-order valence-corrected chi connectivity index (χ2v) is 4.70. The van der Waals surface area contributed by atoms with Gasteiger partial charge in [0, 0.05) is 13.7 Å². The number of aromatic nitrogens is 2. The molecule has 0 spiro atoms. The number of rotatable bonds is 8. The predicted octanol–water partition coefficient (Wildman–Crippen LogP) is 3.02. The molecule has 18 heavy (non-hydrogen) atoms. The van der Waals surface area contributed by atoms with E-state index in [4.69, 9.17) is 16.3 Å². The molecule has 0 aliphatic rings. The summed E-state index contributed by atoms with van der Waals surface area (Å²) < 4.78 is 7.56. The van der Waals surface area contributed by atoms with Gasteiger partial charge in [0.15, 0.2) is 0 Å². The Morgan fingerprint density at radius 2 is 2.17 bits per heavy atom. The van der Waals surface area contributed by atoms with E-state index in [1.54, 1.807) is 13.3 Å². The fourth-order valence-electron chi connectivity index (χ4n) is 2.26. The van der Waals surface area contributed by atoms with Gasteiger partial charge < -0.3 is 10.1 Å². The molecule has 2 atom stereocenters.